The summed E-state index contributed by atoms with van der Waals surface area (Å²) in [4.78, 5) is 13.5. The lowest BCUT2D eigenvalue weighted by atomic mass is 9.99. The first-order valence-electron chi connectivity index (χ1n) is 7.69. The van der Waals surface area contributed by atoms with Gasteiger partial charge < -0.3 is 5.11 Å². The zero-order chi connectivity index (χ0) is 14.7. The Kier molecular flexibility index (Phi) is 4.20. The van der Waals surface area contributed by atoms with Crippen molar-refractivity contribution in [1.29, 1.82) is 0 Å². The van der Waals surface area contributed by atoms with Gasteiger partial charge in [0.2, 0.25) is 0 Å². The quantitative estimate of drug-likeness (QED) is 0.935. The minimum absolute atomic E-state index is 0.297. The van der Waals surface area contributed by atoms with Crippen molar-refractivity contribution >= 4 is 16.7 Å². The van der Waals surface area contributed by atoms with Gasteiger partial charge in [-0.2, -0.15) is 0 Å². The van der Waals surface area contributed by atoms with E-state index in [-0.39, 0.29) is 6.04 Å². The van der Waals surface area contributed by atoms with E-state index in [1.807, 2.05) is 0 Å². The average molecular weight is 283 g/mol. The number of carboxylic acid groups (broad SMARTS) is 1. The van der Waals surface area contributed by atoms with Crippen molar-refractivity contribution < 1.29 is 9.90 Å². The Balaban J connectivity index is 1.75. The van der Waals surface area contributed by atoms with E-state index < -0.39 is 5.97 Å². The molecule has 1 fully saturated rings. The fraction of sp³-hybridized carbons (Fsp3) is 0.389. The van der Waals surface area contributed by atoms with Crippen LogP contribution in [-0.2, 0) is 11.2 Å². The van der Waals surface area contributed by atoms with Crippen LogP contribution in [0.5, 0.6) is 0 Å². The molecule has 1 aliphatic heterocycles. The number of piperidine rings is 1. The van der Waals surface area contributed by atoms with Gasteiger partial charge in [-0.05, 0) is 42.1 Å². The van der Waals surface area contributed by atoms with E-state index in [4.69, 9.17) is 0 Å². The standard InChI is InChI=1S/C18H21NO2/c20-18(21)17-10-3-4-12-19(17)13-11-15-8-5-7-14-6-1-2-9-16(14)15/h1-2,5-9,17H,3-4,10-13H2,(H,20,21). The number of fused-ring (bicyclic) bond motifs is 1. The molecule has 3 nitrogen and oxygen atoms in total. The van der Waals surface area contributed by atoms with Crippen molar-refractivity contribution in [2.75, 3.05) is 13.1 Å². The lowest BCUT2D eigenvalue weighted by Crippen LogP contribution is -2.45. The van der Waals surface area contributed by atoms with Crippen molar-refractivity contribution in [3.8, 4) is 0 Å². The van der Waals surface area contributed by atoms with Crippen molar-refractivity contribution in [3.05, 3.63) is 48.0 Å². The van der Waals surface area contributed by atoms with Crippen LogP contribution in [0.4, 0.5) is 0 Å². The zero-order valence-corrected chi connectivity index (χ0v) is 12.2. The van der Waals surface area contributed by atoms with Crippen LogP contribution in [0.2, 0.25) is 0 Å². The second-order valence-corrected chi connectivity index (χ2v) is 5.77. The third kappa shape index (κ3) is 3.08. The van der Waals surface area contributed by atoms with E-state index in [9.17, 15) is 9.90 Å². The van der Waals surface area contributed by atoms with Crippen LogP contribution in [-0.4, -0.2) is 35.1 Å². The highest BCUT2D eigenvalue weighted by Crippen LogP contribution is 2.21. The molecule has 1 saturated heterocycles. The van der Waals surface area contributed by atoms with Crippen molar-refractivity contribution in [3.63, 3.8) is 0 Å². The predicted octanol–water partition coefficient (Wildman–Crippen LogP) is 3.32. The maximum atomic E-state index is 11.3. The summed E-state index contributed by atoms with van der Waals surface area (Å²) in [7, 11) is 0. The van der Waals surface area contributed by atoms with E-state index in [0.29, 0.717) is 0 Å². The Labute approximate surface area is 125 Å². The minimum atomic E-state index is -0.674. The number of rotatable bonds is 4. The minimum Gasteiger partial charge on any atom is -0.480 e. The monoisotopic (exact) mass is 283 g/mol. The predicted molar refractivity (Wildman–Crippen MR) is 84.5 cm³/mol. The molecular weight excluding hydrogens is 262 g/mol. The fourth-order valence-electron chi connectivity index (χ4n) is 3.31. The third-order valence-electron chi connectivity index (χ3n) is 4.45. The smallest absolute Gasteiger partial charge is 0.320 e. The summed E-state index contributed by atoms with van der Waals surface area (Å²) in [5, 5.41) is 11.9. The fourth-order valence-corrected chi connectivity index (χ4v) is 3.31. The highest BCUT2D eigenvalue weighted by Gasteiger charge is 2.27. The molecule has 0 radical (unpaired) electrons. The summed E-state index contributed by atoms with van der Waals surface area (Å²) in [6.45, 7) is 1.73. The van der Waals surface area contributed by atoms with Gasteiger partial charge in [0, 0.05) is 6.54 Å². The second kappa shape index (κ2) is 6.27. The molecule has 0 spiro atoms. The maximum Gasteiger partial charge on any atom is 0.320 e. The molecule has 0 amide bonds. The Morgan fingerprint density at radius 3 is 2.81 bits per heavy atom. The molecular formula is C18H21NO2. The highest BCUT2D eigenvalue weighted by molar-refractivity contribution is 5.85. The summed E-state index contributed by atoms with van der Waals surface area (Å²) >= 11 is 0. The molecule has 0 bridgehead atoms. The van der Waals surface area contributed by atoms with E-state index >= 15 is 0 Å². The SMILES string of the molecule is O=C(O)C1CCCCN1CCc1cccc2ccccc12. The molecule has 3 rings (SSSR count). The van der Waals surface area contributed by atoms with Gasteiger partial charge in [-0.25, -0.2) is 0 Å². The van der Waals surface area contributed by atoms with Crippen LogP contribution in [0.1, 0.15) is 24.8 Å². The van der Waals surface area contributed by atoms with Crippen molar-refractivity contribution in [2.45, 2.75) is 31.7 Å². The summed E-state index contributed by atoms with van der Waals surface area (Å²) in [6.07, 6.45) is 3.83. The number of aliphatic carboxylic acids is 1. The molecule has 0 aliphatic carbocycles. The van der Waals surface area contributed by atoms with Gasteiger partial charge in [0.05, 0.1) is 0 Å². The van der Waals surface area contributed by atoms with Crippen molar-refractivity contribution in [1.82, 2.24) is 4.90 Å². The van der Waals surface area contributed by atoms with Crippen LogP contribution in [0.3, 0.4) is 0 Å². The number of hydrogen-bond acceptors (Lipinski definition) is 2. The second-order valence-electron chi connectivity index (χ2n) is 5.77. The van der Waals surface area contributed by atoms with Gasteiger partial charge in [-0.15, -0.1) is 0 Å². The number of carbonyl (C=O) groups is 1. The number of hydrogen-bond donors (Lipinski definition) is 1. The molecule has 1 heterocycles. The van der Waals surface area contributed by atoms with Gasteiger partial charge in [-0.1, -0.05) is 48.9 Å². The van der Waals surface area contributed by atoms with E-state index in [1.165, 1.54) is 16.3 Å². The first-order valence-corrected chi connectivity index (χ1v) is 7.69. The van der Waals surface area contributed by atoms with Gasteiger partial charge in [0.25, 0.3) is 0 Å². The molecule has 21 heavy (non-hydrogen) atoms. The summed E-state index contributed by atoms with van der Waals surface area (Å²) < 4.78 is 0. The normalized spacial score (nSPS) is 19.7. The number of likely N-dealkylation sites (tertiary alicyclic amines) is 1. The van der Waals surface area contributed by atoms with Gasteiger partial charge >= 0.3 is 5.97 Å². The largest absolute Gasteiger partial charge is 0.480 e. The molecule has 0 aromatic heterocycles. The van der Waals surface area contributed by atoms with Gasteiger partial charge in [0.15, 0.2) is 0 Å². The van der Waals surface area contributed by atoms with E-state index in [2.05, 4.69) is 47.4 Å². The van der Waals surface area contributed by atoms with Crippen LogP contribution in [0, 0.1) is 0 Å². The van der Waals surface area contributed by atoms with E-state index in [0.717, 1.165) is 38.8 Å². The molecule has 2 aromatic carbocycles. The van der Waals surface area contributed by atoms with Crippen LogP contribution < -0.4 is 0 Å². The molecule has 0 saturated carbocycles. The van der Waals surface area contributed by atoms with Crippen LogP contribution in [0.15, 0.2) is 42.5 Å². The summed E-state index contributed by atoms with van der Waals surface area (Å²) in [5.41, 5.74) is 1.31. The van der Waals surface area contributed by atoms with Crippen LogP contribution >= 0.6 is 0 Å². The molecule has 1 unspecified atom stereocenters. The maximum absolute atomic E-state index is 11.3. The Hall–Kier alpha value is -1.87. The van der Waals surface area contributed by atoms with Crippen LogP contribution in [0.25, 0.3) is 10.8 Å². The molecule has 1 N–H and O–H groups in total. The molecule has 1 atom stereocenters. The molecule has 1 aliphatic rings. The van der Waals surface area contributed by atoms with Crippen molar-refractivity contribution in [2.24, 2.45) is 0 Å². The Morgan fingerprint density at radius 2 is 1.95 bits per heavy atom. The topological polar surface area (TPSA) is 40.5 Å². The molecule has 110 valence electrons. The van der Waals surface area contributed by atoms with E-state index in [1.54, 1.807) is 0 Å². The molecule has 3 heteroatoms. The lowest BCUT2D eigenvalue weighted by Gasteiger charge is -2.32. The number of carboxylic acids is 1. The zero-order valence-electron chi connectivity index (χ0n) is 12.2. The lowest BCUT2D eigenvalue weighted by molar-refractivity contribution is -0.144. The Bertz CT molecular complexity index is 633. The molecule has 2 aromatic rings. The first kappa shape index (κ1) is 14.1. The summed E-state index contributed by atoms with van der Waals surface area (Å²) in [6, 6.07) is 14.5. The first-order chi connectivity index (χ1) is 10.3. The number of benzene rings is 2. The summed E-state index contributed by atoms with van der Waals surface area (Å²) in [5.74, 6) is -0.674. The van der Waals surface area contributed by atoms with Gasteiger partial charge in [0.1, 0.15) is 6.04 Å². The highest BCUT2D eigenvalue weighted by atomic mass is 16.4. The average Bonchev–Trinajstić information content (AvgIpc) is 2.53. The number of nitrogens with zero attached hydrogens (tertiary/aromatic N) is 1. The Morgan fingerprint density at radius 1 is 1.14 bits per heavy atom. The third-order valence-corrected chi connectivity index (χ3v) is 4.45. The van der Waals surface area contributed by atoms with Gasteiger partial charge in [-0.3, -0.25) is 9.69 Å².